The summed E-state index contributed by atoms with van der Waals surface area (Å²) in [4.78, 5) is 25.5. The van der Waals surface area contributed by atoms with Gasteiger partial charge in [-0.05, 0) is 44.9 Å². The molecular weight excluding hydrogens is 455 g/mol. The molecule has 174 valence electrons. The number of phenolic OH excluding ortho intramolecular Hbond substituents is 1. The number of amides is 1. The lowest BCUT2D eigenvalue weighted by molar-refractivity contribution is -0.149. The Kier molecular flexibility index (Phi) is 10.1. The quantitative estimate of drug-likeness (QED) is 0.328. The van der Waals surface area contributed by atoms with E-state index in [1.54, 1.807) is 13.8 Å². The first-order valence-electron chi connectivity index (χ1n) is 10.3. The minimum atomic E-state index is -0.976. The van der Waals surface area contributed by atoms with Crippen LogP contribution in [0.25, 0.3) is 0 Å². The molecule has 0 aliphatic heterocycles. The van der Waals surface area contributed by atoms with E-state index in [2.05, 4.69) is 5.32 Å². The Morgan fingerprint density at radius 2 is 1.84 bits per heavy atom. The number of carbonyl (C=O) groups excluding carboxylic acids is 2. The second kappa shape index (κ2) is 12.5. The Morgan fingerprint density at radius 3 is 2.47 bits per heavy atom. The van der Waals surface area contributed by atoms with Crippen molar-refractivity contribution in [2.45, 2.75) is 45.3 Å². The van der Waals surface area contributed by atoms with Gasteiger partial charge in [-0.1, -0.05) is 53.5 Å². The molecule has 0 heterocycles. The number of ether oxygens (including phenoxy) is 2. The number of hydrogen-bond acceptors (Lipinski definition) is 6. The van der Waals surface area contributed by atoms with Crippen LogP contribution in [-0.4, -0.2) is 42.3 Å². The Balaban J connectivity index is 2.23. The monoisotopic (exact) mass is 482 g/mol. The van der Waals surface area contributed by atoms with Gasteiger partial charge in [0.05, 0.1) is 23.3 Å². The summed E-state index contributed by atoms with van der Waals surface area (Å²) in [6, 6.07) is 9.47. The lowest BCUT2D eigenvalue weighted by atomic mass is 10.0. The third-order valence-electron chi connectivity index (χ3n) is 4.46. The number of esters is 1. The topological polar surface area (TPSA) is 111 Å². The van der Waals surface area contributed by atoms with Crippen LogP contribution in [0, 0.1) is 0 Å². The van der Waals surface area contributed by atoms with Crippen molar-refractivity contribution in [3.05, 3.63) is 57.6 Å². The Morgan fingerprint density at radius 1 is 1.16 bits per heavy atom. The summed E-state index contributed by atoms with van der Waals surface area (Å²) in [5.41, 5.74) is 6.11. The largest absolute Gasteiger partial charge is 0.505 e. The van der Waals surface area contributed by atoms with Crippen molar-refractivity contribution in [1.82, 2.24) is 5.32 Å². The van der Waals surface area contributed by atoms with Crippen LogP contribution in [-0.2, 0) is 16.0 Å². The van der Waals surface area contributed by atoms with Crippen molar-refractivity contribution in [3.63, 3.8) is 0 Å². The number of phenols is 1. The average molecular weight is 483 g/mol. The normalized spacial score (nSPS) is 11.8. The fourth-order valence-electron chi connectivity index (χ4n) is 2.91. The first-order chi connectivity index (χ1) is 15.2. The lowest BCUT2D eigenvalue weighted by Gasteiger charge is -2.20. The van der Waals surface area contributed by atoms with Crippen molar-refractivity contribution in [2.75, 3.05) is 13.2 Å². The maximum atomic E-state index is 12.9. The number of nitrogens with one attached hydrogen (secondary N) is 1. The fraction of sp³-hybridized carbons (Fsp3) is 0.391. The van der Waals surface area contributed by atoms with Gasteiger partial charge in [-0.3, -0.25) is 4.79 Å². The summed E-state index contributed by atoms with van der Waals surface area (Å²) < 4.78 is 10.8. The number of halogens is 2. The molecule has 2 aromatic rings. The summed E-state index contributed by atoms with van der Waals surface area (Å²) in [5.74, 6) is -1.71. The third kappa shape index (κ3) is 7.29. The van der Waals surface area contributed by atoms with Crippen LogP contribution in [0.2, 0.25) is 10.0 Å². The first kappa shape index (κ1) is 25.8. The molecule has 0 unspecified atom stereocenters. The summed E-state index contributed by atoms with van der Waals surface area (Å²) in [6.07, 6.45) is 1.30. The molecule has 0 aliphatic rings. The number of benzene rings is 2. The number of unbranched alkanes of at least 4 members (excludes halogenated alkanes) is 1. The Labute approximate surface area is 197 Å². The summed E-state index contributed by atoms with van der Waals surface area (Å²) in [5, 5.41) is 13.0. The SMILES string of the molecule is CC(C)OC(=O)[C@H](Cc1ccccc1)NC(=O)c1cc(Cl)c(OCCCCN)c(Cl)c1O. The van der Waals surface area contributed by atoms with Crippen LogP contribution < -0.4 is 15.8 Å². The van der Waals surface area contributed by atoms with Crippen LogP contribution >= 0.6 is 23.2 Å². The minimum Gasteiger partial charge on any atom is -0.505 e. The Hall–Kier alpha value is -2.48. The zero-order chi connectivity index (χ0) is 23.7. The van der Waals surface area contributed by atoms with Crippen molar-refractivity contribution < 1.29 is 24.2 Å². The molecule has 0 bridgehead atoms. The average Bonchev–Trinajstić information content (AvgIpc) is 2.75. The van der Waals surface area contributed by atoms with Crippen molar-refractivity contribution in [2.24, 2.45) is 5.73 Å². The molecule has 32 heavy (non-hydrogen) atoms. The Bertz CT molecular complexity index is 922. The van der Waals surface area contributed by atoms with Gasteiger partial charge in [-0.25, -0.2) is 4.79 Å². The summed E-state index contributed by atoms with van der Waals surface area (Å²) in [6.45, 7) is 4.27. The third-order valence-corrected chi connectivity index (χ3v) is 5.10. The minimum absolute atomic E-state index is 0.0649. The van der Waals surface area contributed by atoms with E-state index < -0.39 is 23.7 Å². The number of aromatic hydroxyl groups is 1. The number of hydrogen-bond donors (Lipinski definition) is 3. The van der Waals surface area contributed by atoms with Gasteiger partial charge in [0.25, 0.3) is 5.91 Å². The van der Waals surface area contributed by atoms with Gasteiger partial charge in [-0.2, -0.15) is 0 Å². The van der Waals surface area contributed by atoms with Crippen molar-refractivity contribution in [1.29, 1.82) is 0 Å². The van der Waals surface area contributed by atoms with Gasteiger partial charge in [0, 0.05) is 6.42 Å². The molecule has 0 saturated carbocycles. The predicted molar refractivity (Wildman–Crippen MR) is 125 cm³/mol. The molecule has 0 spiro atoms. The molecule has 4 N–H and O–H groups in total. The maximum Gasteiger partial charge on any atom is 0.329 e. The molecule has 0 radical (unpaired) electrons. The van der Waals surface area contributed by atoms with Crippen LogP contribution in [0.3, 0.4) is 0 Å². The van der Waals surface area contributed by atoms with Crippen molar-refractivity contribution >= 4 is 35.1 Å². The highest BCUT2D eigenvalue weighted by atomic mass is 35.5. The predicted octanol–water partition coefficient (Wildman–Crippen LogP) is 4.11. The van der Waals surface area contributed by atoms with E-state index >= 15 is 0 Å². The second-order valence-corrected chi connectivity index (χ2v) is 8.23. The number of rotatable bonds is 11. The number of nitrogens with two attached hydrogens (primary N) is 1. The van der Waals surface area contributed by atoms with Gasteiger partial charge >= 0.3 is 5.97 Å². The number of carbonyl (C=O) groups is 2. The van der Waals surface area contributed by atoms with Gasteiger partial charge in [0.15, 0.2) is 11.5 Å². The van der Waals surface area contributed by atoms with E-state index in [1.807, 2.05) is 30.3 Å². The van der Waals surface area contributed by atoms with Crippen LogP contribution in [0.1, 0.15) is 42.6 Å². The van der Waals surface area contributed by atoms with Gasteiger partial charge in [0.2, 0.25) is 0 Å². The molecular formula is C23H28Cl2N2O5. The molecule has 0 fully saturated rings. The van der Waals surface area contributed by atoms with Crippen LogP contribution in [0.15, 0.2) is 36.4 Å². The molecule has 0 aliphatic carbocycles. The highest BCUT2D eigenvalue weighted by molar-refractivity contribution is 6.39. The van der Waals surface area contributed by atoms with Gasteiger partial charge in [0.1, 0.15) is 11.1 Å². The summed E-state index contributed by atoms with van der Waals surface area (Å²) >= 11 is 12.4. The highest BCUT2D eigenvalue weighted by Gasteiger charge is 2.27. The van der Waals surface area contributed by atoms with Crippen molar-refractivity contribution in [3.8, 4) is 11.5 Å². The van der Waals surface area contributed by atoms with E-state index in [-0.39, 0.29) is 33.9 Å². The molecule has 1 amide bonds. The summed E-state index contributed by atoms with van der Waals surface area (Å²) in [7, 11) is 0. The zero-order valence-corrected chi connectivity index (χ0v) is 19.6. The lowest BCUT2D eigenvalue weighted by Crippen LogP contribution is -2.44. The smallest absolute Gasteiger partial charge is 0.329 e. The van der Waals surface area contributed by atoms with Crippen LogP contribution in [0.4, 0.5) is 0 Å². The molecule has 0 saturated heterocycles. The zero-order valence-electron chi connectivity index (χ0n) is 18.1. The molecule has 2 aromatic carbocycles. The van der Waals surface area contributed by atoms with Crippen LogP contribution in [0.5, 0.6) is 11.5 Å². The highest BCUT2D eigenvalue weighted by Crippen LogP contribution is 2.42. The van der Waals surface area contributed by atoms with E-state index in [4.69, 9.17) is 38.4 Å². The molecule has 2 rings (SSSR count). The van der Waals surface area contributed by atoms with Gasteiger partial charge < -0.3 is 25.6 Å². The molecule has 9 heteroatoms. The molecule has 0 aromatic heterocycles. The van der Waals surface area contributed by atoms with E-state index in [0.29, 0.717) is 19.6 Å². The van der Waals surface area contributed by atoms with E-state index in [9.17, 15) is 14.7 Å². The van der Waals surface area contributed by atoms with Gasteiger partial charge in [-0.15, -0.1) is 0 Å². The van der Waals surface area contributed by atoms with E-state index in [1.165, 1.54) is 6.07 Å². The molecule has 1 atom stereocenters. The molecule has 7 nitrogen and oxygen atoms in total. The first-order valence-corrected chi connectivity index (χ1v) is 11.1. The maximum absolute atomic E-state index is 12.9. The second-order valence-electron chi connectivity index (χ2n) is 7.44. The van der Waals surface area contributed by atoms with E-state index in [0.717, 1.165) is 12.0 Å². The fourth-order valence-corrected chi connectivity index (χ4v) is 3.48. The standard InChI is InChI=1S/C23H28Cl2N2O5/c1-14(2)32-23(30)18(12-15-8-4-3-5-9-15)27-22(29)16-13-17(24)21(19(25)20(16)28)31-11-7-6-10-26/h3-5,8-9,13-14,18,28H,6-7,10-12,26H2,1-2H3,(H,27,29)/t18-/m0/s1.